The molecule has 4 rings (SSSR count). The van der Waals surface area contributed by atoms with Crippen molar-refractivity contribution in [1.82, 2.24) is 15.2 Å². The molecule has 0 amide bonds. The van der Waals surface area contributed by atoms with Gasteiger partial charge in [-0.05, 0) is 55.5 Å². The van der Waals surface area contributed by atoms with Crippen LogP contribution < -0.4 is 10.6 Å². The first-order chi connectivity index (χ1) is 13.9. The van der Waals surface area contributed by atoms with Gasteiger partial charge in [-0.3, -0.25) is 5.10 Å². The van der Waals surface area contributed by atoms with Crippen molar-refractivity contribution >= 4 is 37.9 Å². The van der Waals surface area contributed by atoms with Crippen molar-refractivity contribution in [2.75, 3.05) is 23.4 Å². The number of aromatic nitrogens is 3. The fourth-order valence-corrected chi connectivity index (χ4v) is 3.81. The maximum absolute atomic E-state index is 11.8. The van der Waals surface area contributed by atoms with Crippen LogP contribution in [0.25, 0.3) is 22.2 Å². The highest BCUT2D eigenvalue weighted by Crippen LogP contribution is 2.30. The van der Waals surface area contributed by atoms with Gasteiger partial charge in [-0.25, -0.2) is 13.4 Å². The molecule has 0 aliphatic carbocycles. The van der Waals surface area contributed by atoms with E-state index >= 15 is 0 Å². The number of sulfone groups is 1. The van der Waals surface area contributed by atoms with Crippen LogP contribution in [-0.4, -0.2) is 36.4 Å². The maximum Gasteiger partial charge on any atom is 0.175 e. The Morgan fingerprint density at radius 3 is 2.66 bits per heavy atom. The topological polar surface area (TPSA) is 99.8 Å². The molecular formula is C21H21N5O2S. The molecule has 0 bridgehead atoms. The summed E-state index contributed by atoms with van der Waals surface area (Å²) in [6.45, 7) is 2.81. The molecule has 4 aromatic rings. The molecule has 0 unspecified atom stereocenters. The summed E-state index contributed by atoms with van der Waals surface area (Å²) >= 11 is 0. The fraction of sp³-hybridized carbons (Fsp3) is 0.143. The Morgan fingerprint density at radius 2 is 1.86 bits per heavy atom. The molecule has 3 N–H and O–H groups in total. The van der Waals surface area contributed by atoms with E-state index < -0.39 is 9.84 Å². The van der Waals surface area contributed by atoms with Crippen LogP contribution in [0, 0.1) is 0 Å². The minimum Gasteiger partial charge on any atom is -0.370 e. The summed E-state index contributed by atoms with van der Waals surface area (Å²) in [5.41, 5.74) is 4.24. The van der Waals surface area contributed by atoms with Gasteiger partial charge in [-0.1, -0.05) is 6.07 Å². The third-order valence-electron chi connectivity index (χ3n) is 4.50. The minimum atomic E-state index is -3.26. The monoisotopic (exact) mass is 407 g/mol. The Bertz CT molecular complexity index is 1280. The average molecular weight is 407 g/mol. The molecule has 8 heteroatoms. The van der Waals surface area contributed by atoms with Gasteiger partial charge in [-0.15, -0.1) is 0 Å². The summed E-state index contributed by atoms with van der Waals surface area (Å²) in [4.78, 5) is 4.59. The third-order valence-corrected chi connectivity index (χ3v) is 5.62. The summed E-state index contributed by atoms with van der Waals surface area (Å²) in [7, 11) is -3.26. The van der Waals surface area contributed by atoms with Crippen LogP contribution in [0.3, 0.4) is 0 Å². The van der Waals surface area contributed by atoms with Crippen molar-refractivity contribution in [1.29, 1.82) is 0 Å². The predicted octanol–water partition coefficient (Wildman–Crippen LogP) is 4.20. The Labute approximate surface area is 169 Å². The largest absolute Gasteiger partial charge is 0.370 e. The number of fused-ring (bicyclic) bond motifs is 1. The number of rotatable bonds is 6. The van der Waals surface area contributed by atoms with Crippen molar-refractivity contribution < 1.29 is 8.42 Å². The lowest BCUT2D eigenvalue weighted by Crippen LogP contribution is -1.99. The number of hydrogen-bond donors (Lipinski definition) is 3. The van der Waals surface area contributed by atoms with Crippen LogP contribution >= 0.6 is 0 Å². The van der Waals surface area contributed by atoms with Gasteiger partial charge in [-0.2, -0.15) is 5.10 Å². The van der Waals surface area contributed by atoms with Crippen LogP contribution in [0.4, 0.5) is 17.2 Å². The van der Waals surface area contributed by atoms with E-state index in [0.717, 1.165) is 40.2 Å². The molecule has 2 aromatic heterocycles. The van der Waals surface area contributed by atoms with Gasteiger partial charge in [0, 0.05) is 41.3 Å². The zero-order chi connectivity index (χ0) is 20.4. The Hall–Kier alpha value is -3.39. The van der Waals surface area contributed by atoms with E-state index in [1.165, 1.54) is 6.26 Å². The van der Waals surface area contributed by atoms with Crippen LogP contribution in [0.15, 0.2) is 65.7 Å². The maximum atomic E-state index is 11.8. The summed E-state index contributed by atoms with van der Waals surface area (Å²) in [5, 5.41) is 15.0. The molecule has 0 saturated carbocycles. The molecule has 7 nitrogen and oxygen atoms in total. The second kappa shape index (κ2) is 7.56. The molecule has 0 spiro atoms. The van der Waals surface area contributed by atoms with Crippen LogP contribution in [0.5, 0.6) is 0 Å². The first-order valence-electron chi connectivity index (χ1n) is 9.19. The highest BCUT2D eigenvalue weighted by Gasteiger charge is 2.11. The molecule has 29 heavy (non-hydrogen) atoms. The Balaban J connectivity index is 1.70. The number of aromatic amines is 1. The van der Waals surface area contributed by atoms with E-state index in [-0.39, 0.29) is 4.90 Å². The zero-order valence-electron chi connectivity index (χ0n) is 16.1. The van der Waals surface area contributed by atoms with Crippen molar-refractivity contribution in [3.8, 4) is 11.3 Å². The molecule has 0 radical (unpaired) electrons. The van der Waals surface area contributed by atoms with Crippen LogP contribution in [0.2, 0.25) is 0 Å². The minimum absolute atomic E-state index is 0.278. The molecule has 0 aliphatic rings. The smallest absolute Gasteiger partial charge is 0.175 e. The Morgan fingerprint density at radius 1 is 1.03 bits per heavy atom. The summed E-state index contributed by atoms with van der Waals surface area (Å²) in [6.07, 6.45) is 2.96. The van der Waals surface area contributed by atoms with Gasteiger partial charge in [0.2, 0.25) is 0 Å². The molecule has 0 atom stereocenters. The normalized spacial score (nSPS) is 11.5. The zero-order valence-corrected chi connectivity index (χ0v) is 16.9. The highest BCUT2D eigenvalue weighted by molar-refractivity contribution is 7.90. The number of nitrogens with one attached hydrogen (secondary N) is 3. The number of nitrogens with zero attached hydrogens (tertiary/aromatic N) is 2. The van der Waals surface area contributed by atoms with E-state index in [0.29, 0.717) is 5.69 Å². The van der Waals surface area contributed by atoms with Crippen molar-refractivity contribution in [3.05, 3.63) is 60.8 Å². The van der Waals surface area contributed by atoms with E-state index in [9.17, 15) is 8.42 Å². The van der Waals surface area contributed by atoms with E-state index in [1.807, 2.05) is 43.3 Å². The van der Waals surface area contributed by atoms with E-state index in [4.69, 9.17) is 0 Å². The molecule has 0 fully saturated rings. The van der Waals surface area contributed by atoms with Crippen LogP contribution in [0.1, 0.15) is 6.92 Å². The third kappa shape index (κ3) is 4.07. The van der Waals surface area contributed by atoms with Gasteiger partial charge in [0.1, 0.15) is 11.5 Å². The standard InChI is InChI=1S/C21H21N5O2S/c1-3-22-20-11-14(9-10-23-20)21-18-13-16(7-8-19(18)25-26-21)24-15-5-4-6-17(12-15)29(2,27)28/h4-13,24H,3H2,1-2H3,(H,22,23)(H,25,26). The van der Waals surface area contributed by atoms with Gasteiger partial charge in [0.15, 0.2) is 9.84 Å². The van der Waals surface area contributed by atoms with Crippen LogP contribution in [-0.2, 0) is 9.84 Å². The van der Waals surface area contributed by atoms with Gasteiger partial charge < -0.3 is 10.6 Å². The van der Waals surface area contributed by atoms with Gasteiger partial charge in [0.25, 0.3) is 0 Å². The van der Waals surface area contributed by atoms with Crippen molar-refractivity contribution in [2.45, 2.75) is 11.8 Å². The molecule has 0 saturated heterocycles. The summed E-state index contributed by atoms with van der Waals surface area (Å²) in [5.74, 6) is 0.799. The summed E-state index contributed by atoms with van der Waals surface area (Å²) < 4.78 is 23.6. The first kappa shape index (κ1) is 18.9. The summed E-state index contributed by atoms with van der Waals surface area (Å²) in [6, 6.07) is 16.5. The first-order valence-corrected chi connectivity index (χ1v) is 11.1. The number of hydrogen-bond acceptors (Lipinski definition) is 6. The number of benzene rings is 2. The number of pyridine rings is 1. The van der Waals surface area contributed by atoms with Crippen molar-refractivity contribution in [2.24, 2.45) is 0 Å². The molecule has 0 aliphatic heterocycles. The molecule has 2 aromatic carbocycles. The molecule has 148 valence electrons. The SMILES string of the molecule is CCNc1cc(-c2n[nH]c3ccc(Nc4cccc(S(C)(=O)=O)c4)cc23)ccn1. The predicted molar refractivity (Wildman–Crippen MR) is 116 cm³/mol. The molecule has 2 heterocycles. The van der Waals surface area contributed by atoms with Gasteiger partial charge >= 0.3 is 0 Å². The van der Waals surface area contributed by atoms with E-state index in [1.54, 1.807) is 24.4 Å². The lowest BCUT2D eigenvalue weighted by molar-refractivity contribution is 0.602. The molecular weight excluding hydrogens is 386 g/mol. The van der Waals surface area contributed by atoms with Crippen molar-refractivity contribution in [3.63, 3.8) is 0 Å². The second-order valence-electron chi connectivity index (χ2n) is 6.72. The number of H-pyrrole nitrogens is 1. The fourth-order valence-electron chi connectivity index (χ4n) is 3.14. The highest BCUT2D eigenvalue weighted by atomic mass is 32.2. The van der Waals surface area contributed by atoms with E-state index in [2.05, 4.69) is 25.8 Å². The Kier molecular flexibility index (Phi) is 4.94. The quantitative estimate of drug-likeness (QED) is 0.443. The second-order valence-corrected chi connectivity index (χ2v) is 8.73. The lowest BCUT2D eigenvalue weighted by atomic mass is 10.1. The number of anilines is 3. The van der Waals surface area contributed by atoms with Gasteiger partial charge in [0.05, 0.1) is 10.4 Å². The lowest BCUT2D eigenvalue weighted by Gasteiger charge is -2.09. The average Bonchev–Trinajstić information content (AvgIpc) is 3.11.